The number of ether oxygens (including phenoxy) is 3. The van der Waals surface area contributed by atoms with Crippen LogP contribution in [0.4, 0.5) is 26.3 Å². The molecule has 0 saturated heterocycles. The lowest BCUT2D eigenvalue weighted by atomic mass is 9.89. The minimum Gasteiger partial charge on any atom is -0.487 e. The normalized spacial score (nSPS) is 24.2. The van der Waals surface area contributed by atoms with E-state index in [0.29, 0.717) is 31.4 Å². The minimum absolute atomic E-state index is 0.126. The van der Waals surface area contributed by atoms with Crippen LogP contribution in [0.3, 0.4) is 0 Å². The number of methoxy groups -OCH3 is 1. The summed E-state index contributed by atoms with van der Waals surface area (Å²) in [5.74, 6) is -3.58. The van der Waals surface area contributed by atoms with E-state index in [0.717, 1.165) is 0 Å². The molecular formula is C28H36F6N4O7. The molecule has 2 heterocycles. The van der Waals surface area contributed by atoms with E-state index in [-0.39, 0.29) is 47.8 Å². The number of nitrogens with one attached hydrogen (secondary N) is 1. The molecular weight excluding hydrogens is 618 g/mol. The largest absolute Gasteiger partial charge is 0.573 e. The van der Waals surface area contributed by atoms with Gasteiger partial charge in [-0.15, -0.1) is 13.2 Å². The molecule has 2 aliphatic heterocycles. The zero-order valence-corrected chi connectivity index (χ0v) is 25.2. The highest BCUT2D eigenvalue weighted by molar-refractivity contribution is 5.99. The maximum atomic E-state index is 13.4. The topological polar surface area (TPSA) is 153 Å². The van der Waals surface area contributed by atoms with E-state index in [9.17, 15) is 35.9 Å². The molecule has 11 nitrogen and oxygen atoms in total. The minimum atomic E-state index is -5.08. The SMILES string of the molecule is COCC[C@@H]([C@@H]1C[C@H]1C(=O)NC1CC(C)(C)Oc2cc(OC(F)(F)F)ccc21)N1C(=O)CC(C)(C)N=C1N.O=C(O)C(F)(F)F. The van der Waals surface area contributed by atoms with Crippen LogP contribution in [-0.4, -0.2) is 77.2 Å². The second-order valence-electron chi connectivity index (χ2n) is 12.3. The van der Waals surface area contributed by atoms with Crippen LogP contribution in [0.25, 0.3) is 0 Å². The maximum absolute atomic E-state index is 13.4. The molecule has 0 spiro atoms. The van der Waals surface area contributed by atoms with Crippen molar-refractivity contribution in [2.45, 2.75) is 89.1 Å². The maximum Gasteiger partial charge on any atom is 0.573 e. The molecule has 252 valence electrons. The summed E-state index contributed by atoms with van der Waals surface area (Å²) in [5.41, 5.74) is 5.46. The molecule has 0 bridgehead atoms. The number of hydrogen-bond acceptors (Lipinski definition) is 8. The zero-order chi connectivity index (χ0) is 34.1. The number of aliphatic carboxylic acids is 1. The monoisotopic (exact) mass is 654 g/mol. The number of carboxylic acids is 1. The van der Waals surface area contributed by atoms with E-state index in [1.165, 1.54) is 23.1 Å². The molecule has 1 aliphatic carbocycles. The van der Waals surface area contributed by atoms with Gasteiger partial charge in [-0.1, -0.05) is 0 Å². The first kappa shape index (κ1) is 35.7. The van der Waals surface area contributed by atoms with Crippen LogP contribution in [0.15, 0.2) is 23.2 Å². The number of carbonyl (C=O) groups is 3. The van der Waals surface area contributed by atoms with E-state index in [1.54, 1.807) is 21.0 Å². The number of carboxylic acid groups (broad SMARTS) is 1. The summed E-state index contributed by atoms with van der Waals surface area (Å²) in [6, 6.07) is 3.07. The summed E-state index contributed by atoms with van der Waals surface area (Å²) in [7, 11) is 1.57. The second-order valence-corrected chi connectivity index (χ2v) is 12.3. The van der Waals surface area contributed by atoms with Crippen molar-refractivity contribution in [3.05, 3.63) is 23.8 Å². The quantitative estimate of drug-likeness (QED) is 0.351. The Morgan fingerprint density at radius 1 is 1.20 bits per heavy atom. The van der Waals surface area contributed by atoms with Crippen LogP contribution in [0.5, 0.6) is 11.5 Å². The molecule has 45 heavy (non-hydrogen) atoms. The number of halogens is 6. The van der Waals surface area contributed by atoms with Crippen LogP contribution in [0, 0.1) is 11.8 Å². The number of nitrogens with zero attached hydrogens (tertiary/aromatic N) is 2. The van der Waals surface area contributed by atoms with Crippen LogP contribution in [0.2, 0.25) is 0 Å². The van der Waals surface area contributed by atoms with E-state index < -0.39 is 41.4 Å². The molecule has 1 aromatic rings. The van der Waals surface area contributed by atoms with Gasteiger partial charge in [-0.3, -0.25) is 14.5 Å². The number of guanidine groups is 1. The standard InChI is InChI=1S/C26H35F3N4O5.C2HF3O2/c1-24(2)13-21(34)33(23(30)32-24)19(8-9-36-5)16-11-17(16)22(35)31-18-12-25(3,4)38-20-10-14(6-7-15(18)20)37-26(27,28)29;3-2(4,5)1(6)7/h6-7,10,16-19H,8-9,11-13H2,1-5H3,(H2,30,32)(H,31,35);(H,6,7)/t16-,17-,18?,19+;/m1./s1. The number of aliphatic imine (C=N–C) groups is 1. The highest BCUT2D eigenvalue weighted by atomic mass is 19.4. The van der Waals surface area contributed by atoms with Gasteiger partial charge in [0.05, 0.1) is 18.0 Å². The Morgan fingerprint density at radius 3 is 2.36 bits per heavy atom. The van der Waals surface area contributed by atoms with Gasteiger partial charge in [0, 0.05) is 43.7 Å². The Labute approximate surface area is 255 Å². The average molecular weight is 655 g/mol. The predicted octanol–water partition coefficient (Wildman–Crippen LogP) is 4.30. The molecule has 17 heteroatoms. The Morgan fingerprint density at radius 2 is 1.82 bits per heavy atom. The van der Waals surface area contributed by atoms with Crippen molar-refractivity contribution < 1.29 is 60.0 Å². The summed E-state index contributed by atoms with van der Waals surface area (Å²) in [5, 5.41) is 10.2. The van der Waals surface area contributed by atoms with Crippen molar-refractivity contribution in [1.29, 1.82) is 0 Å². The summed E-state index contributed by atoms with van der Waals surface area (Å²) in [6.07, 6.45) is -8.20. The first-order chi connectivity index (χ1) is 20.5. The number of amides is 2. The molecule has 1 aromatic carbocycles. The molecule has 0 aromatic heterocycles. The van der Waals surface area contributed by atoms with E-state index >= 15 is 0 Å². The molecule has 1 unspecified atom stereocenters. The average Bonchev–Trinajstić information content (AvgIpc) is 3.63. The van der Waals surface area contributed by atoms with Gasteiger partial charge >= 0.3 is 18.5 Å². The van der Waals surface area contributed by atoms with Crippen LogP contribution in [-0.2, 0) is 19.1 Å². The lowest BCUT2D eigenvalue weighted by Gasteiger charge is -2.38. The Hall–Kier alpha value is -3.76. The van der Waals surface area contributed by atoms with Crippen LogP contribution in [0.1, 0.15) is 65.0 Å². The van der Waals surface area contributed by atoms with Crippen molar-refractivity contribution in [1.82, 2.24) is 10.2 Å². The highest BCUT2D eigenvalue weighted by Crippen LogP contribution is 2.47. The van der Waals surface area contributed by atoms with Gasteiger partial charge < -0.3 is 30.4 Å². The van der Waals surface area contributed by atoms with Crippen molar-refractivity contribution in [2.75, 3.05) is 13.7 Å². The number of alkyl halides is 6. The fourth-order valence-electron chi connectivity index (χ4n) is 5.49. The fourth-order valence-corrected chi connectivity index (χ4v) is 5.49. The van der Waals surface area contributed by atoms with Crippen molar-refractivity contribution in [2.24, 2.45) is 22.6 Å². The van der Waals surface area contributed by atoms with Gasteiger partial charge in [0.2, 0.25) is 11.8 Å². The Kier molecular flexibility index (Phi) is 10.3. The van der Waals surface area contributed by atoms with E-state index in [1.807, 2.05) is 13.8 Å². The zero-order valence-electron chi connectivity index (χ0n) is 25.2. The first-order valence-electron chi connectivity index (χ1n) is 13.9. The second kappa shape index (κ2) is 12.9. The number of nitrogens with two attached hydrogens (primary N) is 1. The Balaban J connectivity index is 0.000000707. The van der Waals surface area contributed by atoms with E-state index in [4.69, 9.17) is 25.1 Å². The van der Waals surface area contributed by atoms with E-state index in [2.05, 4.69) is 15.0 Å². The van der Waals surface area contributed by atoms with Crippen LogP contribution < -0.4 is 20.5 Å². The predicted molar refractivity (Wildman–Crippen MR) is 146 cm³/mol. The highest BCUT2D eigenvalue weighted by Gasteiger charge is 2.52. The van der Waals surface area contributed by atoms with Crippen molar-refractivity contribution in [3.63, 3.8) is 0 Å². The smallest absolute Gasteiger partial charge is 0.487 e. The van der Waals surface area contributed by atoms with Gasteiger partial charge in [0.1, 0.15) is 17.1 Å². The summed E-state index contributed by atoms with van der Waals surface area (Å²) >= 11 is 0. The van der Waals surface area contributed by atoms with Crippen molar-refractivity contribution in [3.8, 4) is 11.5 Å². The summed E-state index contributed by atoms with van der Waals surface area (Å²) < 4.78 is 85.0. The lowest BCUT2D eigenvalue weighted by molar-refractivity contribution is -0.274. The molecule has 4 N–H and O–H groups in total. The third kappa shape index (κ3) is 9.61. The third-order valence-electron chi connectivity index (χ3n) is 7.37. The number of carbonyl (C=O) groups excluding carboxylic acids is 2. The molecule has 4 atom stereocenters. The van der Waals surface area contributed by atoms with Crippen LogP contribution >= 0.6 is 0 Å². The third-order valence-corrected chi connectivity index (χ3v) is 7.37. The van der Waals surface area contributed by atoms with Gasteiger partial charge in [-0.2, -0.15) is 13.2 Å². The van der Waals surface area contributed by atoms with Gasteiger partial charge in [-0.25, -0.2) is 9.79 Å². The number of rotatable bonds is 8. The number of benzene rings is 1. The summed E-state index contributed by atoms with van der Waals surface area (Å²) in [6.45, 7) is 7.69. The Bertz CT molecular complexity index is 1320. The molecule has 0 radical (unpaired) electrons. The fraction of sp³-hybridized carbons (Fsp3) is 0.643. The summed E-state index contributed by atoms with van der Waals surface area (Å²) in [4.78, 5) is 41.3. The molecule has 4 rings (SSSR count). The molecule has 3 aliphatic rings. The van der Waals surface area contributed by atoms with Gasteiger partial charge in [0.25, 0.3) is 0 Å². The van der Waals surface area contributed by atoms with Gasteiger partial charge in [0.15, 0.2) is 5.96 Å². The number of fused-ring (bicyclic) bond motifs is 1. The number of hydrogen-bond donors (Lipinski definition) is 3. The molecule has 1 saturated carbocycles. The van der Waals surface area contributed by atoms with Crippen molar-refractivity contribution >= 4 is 23.7 Å². The van der Waals surface area contributed by atoms with Gasteiger partial charge in [-0.05, 0) is 58.6 Å². The first-order valence-corrected chi connectivity index (χ1v) is 13.9. The lowest BCUT2D eigenvalue weighted by Crippen LogP contribution is -2.55. The molecule has 1 fully saturated rings. The molecule has 2 amide bonds.